The molecular formula is C18H28N4O3. The highest BCUT2D eigenvalue weighted by atomic mass is 16.5. The number of amides is 1. The van der Waals surface area contributed by atoms with E-state index < -0.39 is 0 Å². The largest absolute Gasteiger partial charge is 0.374 e. The summed E-state index contributed by atoms with van der Waals surface area (Å²) in [6, 6.07) is 0.300. The van der Waals surface area contributed by atoms with Crippen molar-refractivity contribution in [1.29, 1.82) is 0 Å². The number of carbonyl (C=O) groups excluding carboxylic acids is 1. The average molecular weight is 348 g/mol. The number of aromatic nitrogens is 2. The van der Waals surface area contributed by atoms with Crippen LogP contribution in [0.5, 0.6) is 0 Å². The quantitative estimate of drug-likeness (QED) is 0.828. The summed E-state index contributed by atoms with van der Waals surface area (Å²) in [5, 5.41) is 3.89. The van der Waals surface area contributed by atoms with Crippen LogP contribution in [0, 0.1) is 6.92 Å². The van der Waals surface area contributed by atoms with Crippen molar-refractivity contribution in [3.63, 3.8) is 0 Å². The van der Waals surface area contributed by atoms with Crippen molar-refractivity contribution < 1.29 is 14.1 Å². The molecule has 1 aliphatic carbocycles. The van der Waals surface area contributed by atoms with Gasteiger partial charge in [-0.25, -0.2) is 0 Å². The molecule has 0 aromatic carbocycles. The lowest BCUT2D eigenvalue weighted by Gasteiger charge is -2.44. The van der Waals surface area contributed by atoms with Crippen molar-refractivity contribution >= 4 is 5.91 Å². The molecule has 2 aliphatic heterocycles. The molecule has 1 amide bonds. The lowest BCUT2D eigenvalue weighted by Crippen LogP contribution is -2.57. The number of piperidine rings is 1. The Kier molecular flexibility index (Phi) is 5.03. The number of hydrogen-bond acceptors (Lipinski definition) is 6. The molecule has 0 radical (unpaired) electrons. The van der Waals surface area contributed by atoms with E-state index in [1.165, 1.54) is 12.8 Å². The van der Waals surface area contributed by atoms with Gasteiger partial charge < -0.3 is 14.2 Å². The molecule has 0 bridgehead atoms. The SMILES string of the molecule is Cc1noc(C2CCN(CC(=O)N3CCOC4CCCCC43)CC2)n1. The Hall–Kier alpha value is -1.47. The van der Waals surface area contributed by atoms with E-state index in [4.69, 9.17) is 9.26 Å². The Labute approximate surface area is 148 Å². The fraction of sp³-hybridized carbons (Fsp3) is 0.833. The van der Waals surface area contributed by atoms with Crippen LogP contribution in [0.25, 0.3) is 0 Å². The van der Waals surface area contributed by atoms with E-state index in [-0.39, 0.29) is 12.0 Å². The fourth-order valence-corrected chi connectivity index (χ4v) is 4.51. The summed E-state index contributed by atoms with van der Waals surface area (Å²) in [4.78, 5) is 21.6. The zero-order valence-electron chi connectivity index (χ0n) is 15.0. The number of nitrogens with zero attached hydrogens (tertiary/aromatic N) is 4. The highest BCUT2D eigenvalue weighted by Crippen LogP contribution is 2.29. The second-order valence-corrected chi connectivity index (χ2v) is 7.58. The van der Waals surface area contributed by atoms with Gasteiger partial charge in [-0.1, -0.05) is 18.0 Å². The van der Waals surface area contributed by atoms with Crippen LogP contribution in [-0.4, -0.2) is 70.8 Å². The molecule has 7 nitrogen and oxygen atoms in total. The monoisotopic (exact) mass is 348 g/mol. The molecule has 4 rings (SSSR count). The van der Waals surface area contributed by atoms with E-state index in [0.717, 1.165) is 51.2 Å². The van der Waals surface area contributed by atoms with Crippen LogP contribution in [0.4, 0.5) is 0 Å². The van der Waals surface area contributed by atoms with Gasteiger partial charge in [-0.2, -0.15) is 4.98 Å². The van der Waals surface area contributed by atoms with Crippen molar-refractivity contribution in [3.05, 3.63) is 11.7 Å². The molecule has 1 aromatic heterocycles. The Morgan fingerprint density at radius 2 is 1.96 bits per heavy atom. The Balaban J connectivity index is 1.30. The number of rotatable bonds is 3. The van der Waals surface area contributed by atoms with Gasteiger partial charge in [0.2, 0.25) is 11.8 Å². The second kappa shape index (κ2) is 7.41. The van der Waals surface area contributed by atoms with Crippen molar-refractivity contribution in [3.8, 4) is 0 Å². The van der Waals surface area contributed by atoms with Gasteiger partial charge in [-0.15, -0.1) is 0 Å². The maximum Gasteiger partial charge on any atom is 0.237 e. The van der Waals surface area contributed by atoms with Crippen LogP contribution in [-0.2, 0) is 9.53 Å². The van der Waals surface area contributed by atoms with Gasteiger partial charge in [0.05, 0.1) is 25.3 Å². The summed E-state index contributed by atoms with van der Waals surface area (Å²) in [6.07, 6.45) is 6.85. The van der Waals surface area contributed by atoms with E-state index in [1.54, 1.807) is 0 Å². The zero-order chi connectivity index (χ0) is 17.2. The average Bonchev–Trinajstić information content (AvgIpc) is 3.08. The highest BCUT2D eigenvalue weighted by molar-refractivity contribution is 5.78. The van der Waals surface area contributed by atoms with Gasteiger partial charge in [0.25, 0.3) is 0 Å². The van der Waals surface area contributed by atoms with Gasteiger partial charge in [-0.05, 0) is 45.7 Å². The van der Waals surface area contributed by atoms with E-state index in [0.29, 0.717) is 30.9 Å². The Morgan fingerprint density at radius 1 is 1.16 bits per heavy atom. The van der Waals surface area contributed by atoms with Crippen molar-refractivity contribution in [2.75, 3.05) is 32.8 Å². The minimum Gasteiger partial charge on any atom is -0.374 e. The summed E-state index contributed by atoms with van der Waals surface area (Å²) in [5.74, 6) is 2.05. The van der Waals surface area contributed by atoms with Gasteiger partial charge >= 0.3 is 0 Å². The first-order valence-corrected chi connectivity index (χ1v) is 9.64. The summed E-state index contributed by atoms with van der Waals surface area (Å²) >= 11 is 0. The van der Waals surface area contributed by atoms with Crippen LogP contribution in [0.3, 0.4) is 0 Å². The topological polar surface area (TPSA) is 71.7 Å². The molecule has 1 aromatic rings. The predicted octanol–water partition coefficient (Wildman–Crippen LogP) is 1.73. The third kappa shape index (κ3) is 3.72. The predicted molar refractivity (Wildman–Crippen MR) is 91.2 cm³/mol. The molecule has 138 valence electrons. The summed E-state index contributed by atoms with van der Waals surface area (Å²) in [6.45, 7) is 5.64. The molecule has 7 heteroatoms. The first kappa shape index (κ1) is 17.0. The first-order valence-electron chi connectivity index (χ1n) is 9.64. The molecule has 25 heavy (non-hydrogen) atoms. The van der Waals surface area contributed by atoms with Crippen LogP contribution >= 0.6 is 0 Å². The minimum atomic E-state index is 0.262. The van der Waals surface area contributed by atoms with Crippen LogP contribution in [0.2, 0.25) is 0 Å². The van der Waals surface area contributed by atoms with Gasteiger partial charge in [-0.3, -0.25) is 9.69 Å². The maximum atomic E-state index is 12.9. The third-order valence-corrected chi connectivity index (χ3v) is 5.89. The zero-order valence-corrected chi connectivity index (χ0v) is 15.0. The van der Waals surface area contributed by atoms with Crippen LogP contribution in [0.15, 0.2) is 4.52 Å². The number of carbonyl (C=O) groups is 1. The molecule has 3 aliphatic rings. The highest BCUT2D eigenvalue weighted by Gasteiger charge is 2.37. The standard InChI is InChI=1S/C18H28N4O3/c1-13-19-18(25-20-13)14-6-8-21(9-7-14)12-17(23)22-10-11-24-16-5-3-2-4-15(16)22/h14-16H,2-12H2,1H3. The number of aryl methyl sites for hydroxylation is 1. The fourth-order valence-electron chi connectivity index (χ4n) is 4.51. The molecule has 0 N–H and O–H groups in total. The van der Waals surface area contributed by atoms with E-state index in [2.05, 4.69) is 19.9 Å². The molecule has 3 heterocycles. The van der Waals surface area contributed by atoms with Crippen molar-refractivity contribution in [2.24, 2.45) is 0 Å². The Bertz CT molecular complexity index is 595. The summed E-state index contributed by atoms with van der Waals surface area (Å²) in [5.41, 5.74) is 0. The molecule has 3 fully saturated rings. The van der Waals surface area contributed by atoms with E-state index >= 15 is 0 Å². The summed E-state index contributed by atoms with van der Waals surface area (Å²) < 4.78 is 11.2. The van der Waals surface area contributed by atoms with Crippen molar-refractivity contribution in [1.82, 2.24) is 19.9 Å². The molecule has 2 unspecified atom stereocenters. The lowest BCUT2D eigenvalue weighted by molar-refractivity contribution is -0.150. The first-order chi connectivity index (χ1) is 12.2. The van der Waals surface area contributed by atoms with Gasteiger partial charge in [0, 0.05) is 12.5 Å². The maximum absolute atomic E-state index is 12.9. The molecule has 0 spiro atoms. The normalized spacial score (nSPS) is 28.8. The van der Waals surface area contributed by atoms with Gasteiger partial charge in [0.15, 0.2) is 5.82 Å². The molecule has 2 saturated heterocycles. The third-order valence-electron chi connectivity index (χ3n) is 5.89. The number of ether oxygens (including phenoxy) is 1. The van der Waals surface area contributed by atoms with Crippen LogP contribution < -0.4 is 0 Å². The lowest BCUT2D eigenvalue weighted by atomic mass is 9.90. The van der Waals surface area contributed by atoms with Gasteiger partial charge in [0.1, 0.15) is 0 Å². The van der Waals surface area contributed by atoms with Crippen molar-refractivity contribution in [2.45, 2.75) is 63.5 Å². The van der Waals surface area contributed by atoms with E-state index in [9.17, 15) is 4.79 Å². The number of hydrogen-bond donors (Lipinski definition) is 0. The molecule has 2 atom stereocenters. The van der Waals surface area contributed by atoms with E-state index in [1.807, 2.05) is 6.92 Å². The minimum absolute atomic E-state index is 0.262. The summed E-state index contributed by atoms with van der Waals surface area (Å²) in [7, 11) is 0. The smallest absolute Gasteiger partial charge is 0.237 e. The number of likely N-dealkylation sites (tertiary alicyclic amines) is 1. The molecular weight excluding hydrogens is 320 g/mol. The number of morpholine rings is 1. The molecule has 1 saturated carbocycles. The second-order valence-electron chi connectivity index (χ2n) is 7.58. The number of fused-ring (bicyclic) bond motifs is 1. The van der Waals surface area contributed by atoms with Crippen LogP contribution in [0.1, 0.15) is 56.2 Å². The Morgan fingerprint density at radius 3 is 2.72 bits per heavy atom.